The van der Waals surface area contributed by atoms with Crippen LogP contribution in [0.2, 0.25) is 10.0 Å². The Morgan fingerprint density at radius 2 is 1.64 bits per heavy atom. The van der Waals surface area contributed by atoms with E-state index in [4.69, 9.17) is 23.2 Å². The normalized spacial score (nSPS) is 12.5. The average Bonchev–Trinajstić information content (AvgIpc) is 2.77. The van der Waals surface area contributed by atoms with Gasteiger partial charge in [-0.1, -0.05) is 53.9 Å². The SMILES string of the molecule is CCCNC(=O)[C@@H](C)N(Cc1c(Cl)cccc1Cl)C(=O)CN(C)S(=O)(=O)c1ccc(C)cc1. The van der Waals surface area contributed by atoms with Crippen LogP contribution >= 0.6 is 23.2 Å². The molecular formula is C23H29Cl2N3O4S. The van der Waals surface area contributed by atoms with Crippen LogP contribution in [-0.4, -0.2) is 55.6 Å². The molecule has 0 fully saturated rings. The third-order valence-corrected chi connectivity index (χ3v) is 7.72. The molecule has 0 heterocycles. The molecule has 0 radical (unpaired) electrons. The van der Waals surface area contributed by atoms with Gasteiger partial charge in [0.05, 0.1) is 11.4 Å². The zero-order valence-corrected chi connectivity index (χ0v) is 21.5. The molecule has 0 bridgehead atoms. The molecule has 2 amide bonds. The highest BCUT2D eigenvalue weighted by Crippen LogP contribution is 2.27. The summed E-state index contributed by atoms with van der Waals surface area (Å²) >= 11 is 12.6. The molecule has 1 N–H and O–H groups in total. The molecule has 0 saturated heterocycles. The maximum absolute atomic E-state index is 13.3. The first-order valence-corrected chi connectivity index (χ1v) is 12.7. The van der Waals surface area contributed by atoms with Gasteiger partial charge in [0.25, 0.3) is 0 Å². The monoisotopic (exact) mass is 513 g/mol. The largest absolute Gasteiger partial charge is 0.354 e. The van der Waals surface area contributed by atoms with Crippen LogP contribution in [0.4, 0.5) is 0 Å². The second kappa shape index (κ2) is 11.8. The molecule has 0 aromatic heterocycles. The van der Waals surface area contributed by atoms with Gasteiger partial charge in [-0.3, -0.25) is 9.59 Å². The van der Waals surface area contributed by atoms with E-state index in [0.29, 0.717) is 22.2 Å². The van der Waals surface area contributed by atoms with Crippen LogP contribution in [-0.2, 0) is 26.2 Å². The molecule has 180 valence electrons. The molecule has 2 aromatic rings. The smallest absolute Gasteiger partial charge is 0.243 e. The van der Waals surface area contributed by atoms with Gasteiger partial charge in [0, 0.05) is 35.7 Å². The van der Waals surface area contributed by atoms with Crippen molar-refractivity contribution < 1.29 is 18.0 Å². The fourth-order valence-corrected chi connectivity index (χ4v) is 4.73. The molecule has 2 aromatic carbocycles. The number of hydrogen-bond acceptors (Lipinski definition) is 4. The van der Waals surface area contributed by atoms with Crippen LogP contribution in [0.15, 0.2) is 47.4 Å². The topological polar surface area (TPSA) is 86.8 Å². The molecule has 2 rings (SSSR count). The third-order valence-electron chi connectivity index (χ3n) is 5.19. The Balaban J connectivity index is 2.32. The number of aryl methyl sites for hydroxylation is 1. The van der Waals surface area contributed by atoms with Gasteiger partial charge in [0.15, 0.2) is 0 Å². The van der Waals surface area contributed by atoms with Crippen molar-refractivity contribution >= 4 is 45.0 Å². The van der Waals surface area contributed by atoms with Crippen LogP contribution in [0.1, 0.15) is 31.4 Å². The second-order valence-electron chi connectivity index (χ2n) is 7.76. The summed E-state index contributed by atoms with van der Waals surface area (Å²) in [7, 11) is -2.57. The summed E-state index contributed by atoms with van der Waals surface area (Å²) in [5.41, 5.74) is 1.40. The van der Waals surface area contributed by atoms with E-state index < -0.39 is 28.5 Å². The summed E-state index contributed by atoms with van der Waals surface area (Å²) in [6.45, 7) is 5.32. The highest BCUT2D eigenvalue weighted by Gasteiger charge is 2.31. The number of benzene rings is 2. The van der Waals surface area contributed by atoms with E-state index in [1.807, 2.05) is 13.8 Å². The maximum atomic E-state index is 13.3. The van der Waals surface area contributed by atoms with Gasteiger partial charge in [0.1, 0.15) is 6.04 Å². The van der Waals surface area contributed by atoms with E-state index in [2.05, 4.69) is 5.32 Å². The predicted molar refractivity (Wildman–Crippen MR) is 131 cm³/mol. The number of carbonyl (C=O) groups is 2. The lowest BCUT2D eigenvalue weighted by Gasteiger charge is -2.30. The van der Waals surface area contributed by atoms with E-state index in [1.54, 1.807) is 37.3 Å². The fraction of sp³-hybridized carbons (Fsp3) is 0.391. The Morgan fingerprint density at radius 1 is 1.06 bits per heavy atom. The summed E-state index contributed by atoms with van der Waals surface area (Å²) in [5.74, 6) is -0.902. The molecule has 0 saturated carbocycles. The minimum atomic E-state index is -3.90. The average molecular weight is 514 g/mol. The zero-order chi connectivity index (χ0) is 24.8. The Bertz CT molecular complexity index is 1070. The van der Waals surface area contributed by atoms with Gasteiger partial charge < -0.3 is 10.2 Å². The summed E-state index contributed by atoms with van der Waals surface area (Å²) in [6, 6.07) is 10.5. The van der Waals surface area contributed by atoms with Crippen LogP contribution in [0.25, 0.3) is 0 Å². The first-order valence-electron chi connectivity index (χ1n) is 10.5. The van der Waals surface area contributed by atoms with Crippen molar-refractivity contribution in [3.63, 3.8) is 0 Å². The molecule has 0 aliphatic carbocycles. The zero-order valence-electron chi connectivity index (χ0n) is 19.1. The molecule has 1 atom stereocenters. The molecule has 0 aliphatic heterocycles. The van der Waals surface area contributed by atoms with Gasteiger partial charge in [-0.05, 0) is 44.5 Å². The second-order valence-corrected chi connectivity index (χ2v) is 10.6. The summed E-state index contributed by atoms with van der Waals surface area (Å²) < 4.78 is 26.9. The third kappa shape index (κ3) is 6.93. The number of halogens is 2. The number of sulfonamides is 1. The fourth-order valence-electron chi connectivity index (χ4n) is 3.09. The van der Waals surface area contributed by atoms with Gasteiger partial charge in [-0.2, -0.15) is 4.31 Å². The molecular weight excluding hydrogens is 485 g/mol. The number of hydrogen-bond donors (Lipinski definition) is 1. The lowest BCUT2D eigenvalue weighted by atomic mass is 10.1. The van der Waals surface area contributed by atoms with Gasteiger partial charge in [-0.15, -0.1) is 0 Å². The van der Waals surface area contributed by atoms with E-state index in [-0.39, 0.29) is 17.3 Å². The van der Waals surface area contributed by atoms with Crippen molar-refractivity contribution in [3.8, 4) is 0 Å². The summed E-state index contributed by atoms with van der Waals surface area (Å²) in [6.07, 6.45) is 0.736. The van der Waals surface area contributed by atoms with Crippen LogP contribution in [0.3, 0.4) is 0 Å². The predicted octanol–water partition coefficient (Wildman–Crippen LogP) is 3.87. The quantitative estimate of drug-likeness (QED) is 0.522. The Hall–Kier alpha value is -2.13. The van der Waals surface area contributed by atoms with E-state index in [0.717, 1.165) is 16.3 Å². The van der Waals surface area contributed by atoms with Crippen molar-refractivity contribution in [2.45, 2.75) is 44.7 Å². The van der Waals surface area contributed by atoms with Gasteiger partial charge in [-0.25, -0.2) is 8.42 Å². The maximum Gasteiger partial charge on any atom is 0.243 e. The molecule has 0 unspecified atom stereocenters. The summed E-state index contributed by atoms with van der Waals surface area (Å²) in [4.78, 5) is 27.3. The van der Waals surface area contributed by atoms with Crippen molar-refractivity contribution in [2.24, 2.45) is 0 Å². The molecule has 10 heteroatoms. The number of amides is 2. The van der Waals surface area contributed by atoms with Crippen molar-refractivity contribution in [2.75, 3.05) is 20.1 Å². The summed E-state index contributed by atoms with van der Waals surface area (Å²) in [5, 5.41) is 3.46. The molecule has 7 nitrogen and oxygen atoms in total. The van der Waals surface area contributed by atoms with Crippen molar-refractivity contribution in [3.05, 3.63) is 63.6 Å². The minimum absolute atomic E-state index is 0.0452. The van der Waals surface area contributed by atoms with Gasteiger partial charge >= 0.3 is 0 Å². The number of likely N-dealkylation sites (N-methyl/N-ethyl adjacent to an activating group) is 1. The highest BCUT2D eigenvalue weighted by molar-refractivity contribution is 7.89. The molecule has 33 heavy (non-hydrogen) atoms. The first kappa shape index (κ1) is 27.1. The van der Waals surface area contributed by atoms with Crippen LogP contribution in [0, 0.1) is 6.92 Å². The first-order chi connectivity index (χ1) is 15.5. The van der Waals surface area contributed by atoms with Crippen LogP contribution < -0.4 is 5.32 Å². The Morgan fingerprint density at radius 3 is 2.18 bits per heavy atom. The standard InChI is InChI=1S/C23H29Cl2N3O4S/c1-5-13-26-23(30)17(3)28(14-19-20(24)7-6-8-21(19)25)22(29)15-27(4)33(31,32)18-11-9-16(2)10-12-18/h6-12,17H,5,13-15H2,1-4H3,(H,26,30)/t17-/m1/s1. The van der Waals surface area contributed by atoms with E-state index in [1.165, 1.54) is 24.1 Å². The highest BCUT2D eigenvalue weighted by atomic mass is 35.5. The molecule has 0 aliphatic rings. The lowest BCUT2D eigenvalue weighted by molar-refractivity contribution is -0.140. The van der Waals surface area contributed by atoms with E-state index in [9.17, 15) is 18.0 Å². The van der Waals surface area contributed by atoms with Crippen molar-refractivity contribution in [1.29, 1.82) is 0 Å². The van der Waals surface area contributed by atoms with Crippen molar-refractivity contribution in [1.82, 2.24) is 14.5 Å². The Labute approximate surface area is 205 Å². The number of nitrogens with one attached hydrogen (secondary N) is 1. The number of nitrogens with zero attached hydrogens (tertiary/aromatic N) is 2. The Kier molecular flexibility index (Phi) is 9.72. The lowest BCUT2D eigenvalue weighted by Crippen LogP contribution is -2.50. The number of rotatable bonds is 10. The molecule has 0 spiro atoms. The van der Waals surface area contributed by atoms with Gasteiger partial charge in [0.2, 0.25) is 21.8 Å². The minimum Gasteiger partial charge on any atom is -0.354 e. The van der Waals surface area contributed by atoms with Crippen LogP contribution in [0.5, 0.6) is 0 Å². The van der Waals surface area contributed by atoms with E-state index >= 15 is 0 Å². The number of carbonyl (C=O) groups excluding carboxylic acids is 2.